The van der Waals surface area contributed by atoms with Crippen molar-refractivity contribution in [2.75, 3.05) is 7.11 Å². The number of nitrogens with one attached hydrogen (secondary N) is 1. The fourth-order valence-electron chi connectivity index (χ4n) is 2.32. The minimum atomic E-state index is -0.948. The third kappa shape index (κ3) is 2.61. The van der Waals surface area contributed by atoms with E-state index in [1.807, 2.05) is 31.2 Å². The lowest BCUT2D eigenvalue weighted by Gasteiger charge is -2.22. The number of benzene rings is 1. The maximum Gasteiger partial charge on any atom is 0.229 e. The summed E-state index contributed by atoms with van der Waals surface area (Å²) in [4.78, 5) is 12.4. The highest BCUT2D eigenvalue weighted by atomic mass is 35.5. The highest BCUT2D eigenvalue weighted by Gasteiger charge is 2.68. The van der Waals surface area contributed by atoms with Crippen molar-refractivity contribution in [3.8, 4) is 5.75 Å². The van der Waals surface area contributed by atoms with Crippen LogP contribution in [0.5, 0.6) is 5.75 Å². The molecule has 0 radical (unpaired) electrons. The molecule has 20 heavy (non-hydrogen) atoms. The van der Waals surface area contributed by atoms with E-state index < -0.39 is 9.75 Å². The van der Waals surface area contributed by atoms with Crippen molar-refractivity contribution in [3.63, 3.8) is 0 Å². The number of rotatable bonds is 5. The molecule has 0 heterocycles. The van der Waals surface area contributed by atoms with E-state index in [2.05, 4.69) is 5.32 Å². The van der Waals surface area contributed by atoms with E-state index in [9.17, 15) is 4.79 Å². The van der Waals surface area contributed by atoms with E-state index in [4.69, 9.17) is 27.9 Å². The molecule has 1 aromatic carbocycles. The van der Waals surface area contributed by atoms with Crippen LogP contribution in [0, 0.1) is 5.41 Å². The van der Waals surface area contributed by atoms with Crippen molar-refractivity contribution in [1.82, 2.24) is 5.32 Å². The molecule has 5 heteroatoms. The number of carbonyl (C=O) groups is 1. The Morgan fingerprint density at radius 2 is 2.05 bits per heavy atom. The first kappa shape index (κ1) is 15.5. The Balaban J connectivity index is 2.16. The highest BCUT2D eigenvalue weighted by molar-refractivity contribution is 6.53. The minimum Gasteiger partial charge on any atom is -0.496 e. The zero-order valence-electron chi connectivity index (χ0n) is 11.9. The van der Waals surface area contributed by atoms with Gasteiger partial charge in [0.05, 0.1) is 18.6 Å². The van der Waals surface area contributed by atoms with Gasteiger partial charge in [0.15, 0.2) is 0 Å². The fraction of sp³-hybridized carbons (Fsp3) is 0.533. The number of hydrogen-bond acceptors (Lipinski definition) is 2. The predicted octanol–water partition coefficient (Wildman–Crippen LogP) is 3.85. The summed E-state index contributed by atoms with van der Waals surface area (Å²) in [5, 5.41) is 3.03. The number of hydrogen-bond donors (Lipinski definition) is 1. The Kier molecular flexibility index (Phi) is 4.22. The van der Waals surface area contributed by atoms with Gasteiger partial charge in [-0.05, 0) is 25.8 Å². The van der Waals surface area contributed by atoms with Crippen molar-refractivity contribution in [2.45, 2.75) is 37.1 Å². The Bertz CT molecular complexity index is 518. The largest absolute Gasteiger partial charge is 0.496 e. The molecule has 1 aliphatic rings. The SMILES string of the molecule is CC[C@@H](NC(=O)[C@]1(C)CC1(Cl)Cl)c1ccccc1OC. The van der Waals surface area contributed by atoms with Crippen molar-refractivity contribution in [1.29, 1.82) is 0 Å². The molecular weight excluding hydrogens is 297 g/mol. The molecule has 1 fully saturated rings. The number of amides is 1. The lowest BCUT2D eigenvalue weighted by Crippen LogP contribution is -2.36. The van der Waals surface area contributed by atoms with E-state index in [1.54, 1.807) is 14.0 Å². The summed E-state index contributed by atoms with van der Waals surface area (Å²) in [6.07, 6.45) is 1.25. The summed E-state index contributed by atoms with van der Waals surface area (Å²) in [5.74, 6) is 0.656. The molecule has 0 spiro atoms. The number of carbonyl (C=O) groups excluding carboxylic acids is 1. The molecule has 0 saturated heterocycles. The Hall–Kier alpha value is -0.930. The monoisotopic (exact) mass is 315 g/mol. The first-order chi connectivity index (χ1) is 9.35. The van der Waals surface area contributed by atoms with Crippen molar-refractivity contribution >= 4 is 29.1 Å². The van der Waals surface area contributed by atoms with Gasteiger partial charge in [0.2, 0.25) is 5.91 Å². The second kappa shape index (κ2) is 5.45. The van der Waals surface area contributed by atoms with Gasteiger partial charge in [-0.3, -0.25) is 4.79 Å². The average molecular weight is 316 g/mol. The molecule has 0 unspecified atom stereocenters. The first-order valence-electron chi connectivity index (χ1n) is 6.67. The van der Waals surface area contributed by atoms with Crippen LogP contribution in [0.4, 0.5) is 0 Å². The molecule has 1 saturated carbocycles. The summed E-state index contributed by atoms with van der Waals surface area (Å²) < 4.78 is 4.40. The smallest absolute Gasteiger partial charge is 0.229 e. The maximum atomic E-state index is 12.4. The second-order valence-electron chi connectivity index (χ2n) is 5.39. The van der Waals surface area contributed by atoms with E-state index in [-0.39, 0.29) is 11.9 Å². The number of halogens is 2. The van der Waals surface area contributed by atoms with E-state index in [1.165, 1.54) is 0 Å². The van der Waals surface area contributed by atoms with Gasteiger partial charge < -0.3 is 10.1 Å². The van der Waals surface area contributed by atoms with Gasteiger partial charge in [-0.2, -0.15) is 0 Å². The molecule has 1 amide bonds. The zero-order valence-corrected chi connectivity index (χ0v) is 13.4. The lowest BCUT2D eigenvalue weighted by molar-refractivity contribution is -0.126. The Morgan fingerprint density at radius 3 is 2.55 bits per heavy atom. The summed E-state index contributed by atoms with van der Waals surface area (Å²) in [7, 11) is 1.62. The second-order valence-corrected chi connectivity index (χ2v) is 6.87. The average Bonchev–Trinajstić information content (AvgIpc) is 2.96. The normalized spacial score (nSPS) is 24.9. The number of alkyl halides is 2. The van der Waals surface area contributed by atoms with Gasteiger partial charge in [-0.25, -0.2) is 0 Å². The van der Waals surface area contributed by atoms with Crippen LogP contribution in [-0.2, 0) is 4.79 Å². The van der Waals surface area contributed by atoms with Gasteiger partial charge in [0.25, 0.3) is 0 Å². The number of methoxy groups -OCH3 is 1. The maximum absolute atomic E-state index is 12.4. The fourth-order valence-corrected chi connectivity index (χ4v) is 3.02. The van der Waals surface area contributed by atoms with Crippen LogP contribution in [-0.4, -0.2) is 17.4 Å². The van der Waals surface area contributed by atoms with Crippen LogP contribution in [0.3, 0.4) is 0 Å². The van der Waals surface area contributed by atoms with Gasteiger partial charge >= 0.3 is 0 Å². The number of para-hydroxylation sites is 1. The Labute approximate surface area is 129 Å². The van der Waals surface area contributed by atoms with Crippen molar-refractivity contribution < 1.29 is 9.53 Å². The molecule has 0 aromatic heterocycles. The van der Waals surface area contributed by atoms with Crippen LogP contribution < -0.4 is 10.1 Å². The van der Waals surface area contributed by atoms with Gasteiger partial charge in [0.1, 0.15) is 10.1 Å². The molecular formula is C15H19Cl2NO2. The summed E-state index contributed by atoms with van der Waals surface area (Å²) >= 11 is 12.1. The van der Waals surface area contributed by atoms with Gasteiger partial charge in [-0.1, -0.05) is 25.1 Å². The topological polar surface area (TPSA) is 38.3 Å². The minimum absolute atomic E-state index is 0.111. The van der Waals surface area contributed by atoms with Crippen molar-refractivity contribution in [2.24, 2.45) is 5.41 Å². The first-order valence-corrected chi connectivity index (χ1v) is 7.43. The van der Waals surface area contributed by atoms with E-state index >= 15 is 0 Å². The molecule has 2 rings (SSSR count). The molecule has 1 aromatic rings. The van der Waals surface area contributed by atoms with Crippen LogP contribution in [0.15, 0.2) is 24.3 Å². The van der Waals surface area contributed by atoms with Crippen molar-refractivity contribution in [3.05, 3.63) is 29.8 Å². The summed E-state index contributed by atoms with van der Waals surface area (Å²) in [6, 6.07) is 7.56. The van der Waals surface area contributed by atoms with E-state index in [0.29, 0.717) is 6.42 Å². The number of ether oxygens (including phenoxy) is 1. The molecule has 1 aliphatic carbocycles. The Morgan fingerprint density at radius 1 is 1.45 bits per heavy atom. The van der Waals surface area contributed by atoms with Gasteiger partial charge in [0, 0.05) is 5.56 Å². The lowest BCUT2D eigenvalue weighted by atomic mass is 10.0. The molecule has 2 atom stereocenters. The predicted molar refractivity (Wildman–Crippen MR) is 81.3 cm³/mol. The third-order valence-corrected chi connectivity index (χ3v) is 5.09. The van der Waals surface area contributed by atoms with Crippen LogP contribution in [0.25, 0.3) is 0 Å². The molecule has 0 bridgehead atoms. The zero-order chi connectivity index (χ0) is 15.0. The summed E-state index contributed by atoms with van der Waals surface area (Å²) in [6.45, 7) is 3.80. The molecule has 3 nitrogen and oxygen atoms in total. The van der Waals surface area contributed by atoms with Crippen LogP contribution in [0.2, 0.25) is 0 Å². The quantitative estimate of drug-likeness (QED) is 0.838. The summed E-state index contributed by atoms with van der Waals surface area (Å²) in [5.41, 5.74) is 0.260. The molecule has 1 N–H and O–H groups in total. The molecule has 0 aliphatic heterocycles. The van der Waals surface area contributed by atoms with E-state index in [0.717, 1.165) is 17.7 Å². The third-order valence-electron chi connectivity index (χ3n) is 3.99. The van der Waals surface area contributed by atoms with Gasteiger partial charge in [-0.15, -0.1) is 23.2 Å². The van der Waals surface area contributed by atoms with Crippen LogP contribution in [0.1, 0.15) is 38.3 Å². The van der Waals surface area contributed by atoms with Crippen LogP contribution >= 0.6 is 23.2 Å². The molecule has 110 valence electrons. The highest BCUT2D eigenvalue weighted by Crippen LogP contribution is 2.64. The standard InChI is InChI=1S/C15H19Cl2NO2/c1-4-11(10-7-5-6-8-12(10)20-3)18-13(19)14(2)9-15(14,16)17/h5-8,11H,4,9H2,1-3H3,(H,18,19)/t11-,14+/m1/s1.